The Balaban J connectivity index is 0.000000129. The highest BCUT2D eigenvalue weighted by Crippen LogP contribution is 2.31. The van der Waals surface area contributed by atoms with E-state index in [1.165, 1.54) is 22.4 Å². The van der Waals surface area contributed by atoms with E-state index >= 15 is 0 Å². The maximum Gasteiger partial charge on any atom is 0.180 e. The molecule has 6 aromatic carbocycles. The van der Waals surface area contributed by atoms with Crippen LogP contribution in [0.4, 0.5) is 27.4 Å². The van der Waals surface area contributed by atoms with Gasteiger partial charge in [0.25, 0.3) is 0 Å². The highest BCUT2D eigenvalue weighted by Gasteiger charge is 2.15. The van der Waals surface area contributed by atoms with E-state index in [4.69, 9.17) is 26.3 Å². The number of rotatable bonds is 15. The first-order valence-electron chi connectivity index (χ1n) is 25.8. The number of imidazole rings is 3. The van der Waals surface area contributed by atoms with Crippen molar-refractivity contribution in [3.05, 3.63) is 224 Å². The number of nitrogens with zero attached hydrogens (tertiary/aromatic N) is 10. The number of hydrogen-bond donors (Lipinski definition) is 4. The summed E-state index contributed by atoms with van der Waals surface area (Å²) < 4.78 is 24.5. The van der Waals surface area contributed by atoms with E-state index in [1.807, 2.05) is 107 Å². The topological polar surface area (TPSA) is 163 Å². The average Bonchev–Trinajstić information content (AvgIpc) is 4.38. The Kier molecular flexibility index (Phi) is 15.6. The fourth-order valence-electron chi connectivity index (χ4n) is 9.45. The van der Waals surface area contributed by atoms with Crippen molar-refractivity contribution in [2.75, 3.05) is 55.5 Å². The molecule has 0 fully saturated rings. The maximum absolute atomic E-state index is 13.5. The van der Waals surface area contributed by atoms with Crippen LogP contribution in [0, 0.1) is 5.82 Å². The van der Waals surface area contributed by atoms with Gasteiger partial charge in [0, 0.05) is 134 Å². The molecule has 7 aromatic heterocycles. The Morgan fingerprint density at radius 3 is 2.10 bits per heavy atom. The molecular weight excluding hydrogens is 1010 g/mol. The van der Waals surface area contributed by atoms with Gasteiger partial charge in [-0.3, -0.25) is 0 Å². The number of halogens is 2. The van der Waals surface area contributed by atoms with Gasteiger partial charge in [-0.1, -0.05) is 96.5 Å². The summed E-state index contributed by atoms with van der Waals surface area (Å²) >= 11 is 5.93. The number of nitrogens with one attached hydrogen (secondary N) is 3. The SMILES string of the molecule is CCN(CCO)c1ccc(Cc2nc(-c3cccc4ccccc34)cn3ccnc23)cc1.COCCNc1nc(-c2ccccc2)cn2ccnc12.Fc1ccc(-c2cn3ccnc3c(Nc3ccc4[nH]ccc4c3)n2)cc1Cl. The molecule has 0 aliphatic heterocycles. The number of benzene rings is 6. The van der Waals surface area contributed by atoms with Crippen LogP contribution in [-0.4, -0.2) is 93.2 Å². The highest BCUT2D eigenvalue weighted by atomic mass is 35.5. The number of H-pyrrole nitrogens is 1. The fraction of sp³-hybridized carbons (Fsp3) is 0.129. The first-order chi connectivity index (χ1) is 38.8. The van der Waals surface area contributed by atoms with Gasteiger partial charge in [0.05, 0.1) is 41.0 Å². The van der Waals surface area contributed by atoms with Gasteiger partial charge in [-0.15, -0.1) is 0 Å². The largest absolute Gasteiger partial charge is 0.395 e. The Bertz CT molecular complexity index is 4170. The zero-order chi connectivity index (χ0) is 54.1. The van der Waals surface area contributed by atoms with Crippen molar-refractivity contribution in [3.8, 4) is 33.8 Å². The molecule has 0 radical (unpaired) electrons. The van der Waals surface area contributed by atoms with Crippen molar-refractivity contribution in [1.82, 2.24) is 48.1 Å². The second-order valence-corrected chi connectivity index (χ2v) is 18.9. The molecular formula is C62H55ClFN13O2. The summed E-state index contributed by atoms with van der Waals surface area (Å²) in [6.45, 7) is 5.08. The molecule has 13 rings (SSSR count). The van der Waals surface area contributed by atoms with E-state index in [9.17, 15) is 9.50 Å². The molecule has 0 spiro atoms. The Hall–Kier alpha value is -9.48. The number of fused-ring (bicyclic) bond motifs is 5. The van der Waals surface area contributed by atoms with Gasteiger partial charge in [-0.05, 0) is 77.9 Å². The summed E-state index contributed by atoms with van der Waals surface area (Å²) in [5.74, 6) is 0.920. The zero-order valence-electron chi connectivity index (χ0n) is 43.4. The Morgan fingerprint density at radius 2 is 1.35 bits per heavy atom. The minimum absolute atomic E-state index is 0.0625. The quantitative estimate of drug-likeness (QED) is 0.0723. The van der Waals surface area contributed by atoms with Crippen LogP contribution in [0.25, 0.3) is 72.4 Å². The maximum atomic E-state index is 13.5. The van der Waals surface area contributed by atoms with Crippen LogP contribution in [0.3, 0.4) is 0 Å². The summed E-state index contributed by atoms with van der Waals surface area (Å²) in [4.78, 5) is 33.0. The van der Waals surface area contributed by atoms with Crippen LogP contribution < -0.4 is 15.5 Å². The summed E-state index contributed by atoms with van der Waals surface area (Å²) in [6.07, 6.45) is 19.5. The number of hydrogen-bond acceptors (Lipinski definition) is 11. The molecule has 0 saturated carbocycles. The van der Waals surface area contributed by atoms with Gasteiger partial charge < -0.3 is 43.6 Å². The molecule has 0 saturated heterocycles. The number of methoxy groups -OCH3 is 1. The second kappa shape index (κ2) is 23.8. The number of aliphatic hydroxyl groups excluding tert-OH is 1. The molecule has 4 N–H and O–H groups in total. The van der Waals surface area contributed by atoms with Crippen molar-refractivity contribution >= 4 is 73.2 Å². The minimum atomic E-state index is -0.456. The van der Waals surface area contributed by atoms with Gasteiger partial charge in [0.2, 0.25) is 0 Å². The molecule has 0 amide bonds. The average molecular weight is 1070 g/mol. The van der Waals surface area contributed by atoms with E-state index in [-0.39, 0.29) is 11.6 Å². The number of aliphatic hydroxyl groups is 1. The molecule has 0 aliphatic carbocycles. The fourth-order valence-corrected chi connectivity index (χ4v) is 9.63. The van der Waals surface area contributed by atoms with Crippen LogP contribution >= 0.6 is 11.6 Å². The highest BCUT2D eigenvalue weighted by molar-refractivity contribution is 6.31. The third-order valence-corrected chi connectivity index (χ3v) is 13.7. The van der Waals surface area contributed by atoms with Crippen molar-refractivity contribution in [2.45, 2.75) is 13.3 Å². The van der Waals surface area contributed by atoms with Crippen molar-refractivity contribution in [2.24, 2.45) is 0 Å². The van der Waals surface area contributed by atoms with E-state index in [0.29, 0.717) is 43.3 Å². The number of aromatic nitrogens is 10. The molecule has 0 aliphatic rings. The third-order valence-electron chi connectivity index (χ3n) is 13.4. The van der Waals surface area contributed by atoms with Gasteiger partial charge in [0.15, 0.2) is 28.6 Å². The lowest BCUT2D eigenvalue weighted by Gasteiger charge is -2.22. The van der Waals surface area contributed by atoms with Gasteiger partial charge in [-0.25, -0.2) is 34.3 Å². The third kappa shape index (κ3) is 11.6. The molecule has 13 aromatic rings. The lowest BCUT2D eigenvalue weighted by molar-refractivity contribution is 0.210. The van der Waals surface area contributed by atoms with Gasteiger partial charge in [0.1, 0.15) is 5.82 Å². The van der Waals surface area contributed by atoms with Gasteiger partial charge >= 0.3 is 0 Å². The minimum Gasteiger partial charge on any atom is -0.395 e. The summed E-state index contributed by atoms with van der Waals surface area (Å²) in [5, 5.41) is 19.4. The van der Waals surface area contributed by atoms with Crippen LogP contribution in [0.2, 0.25) is 5.02 Å². The molecule has 0 bridgehead atoms. The van der Waals surface area contributed by atoms with Gasteiger partial charge in [-0.2, -0.15) is 0 Å². The first kappa shape index (κ1) is 51.6. The number of ether oxygens (including phenoxy) is 1. The normalized spacial score (nSPS) is 11.2. The Morgan fingerprint density at radius 1 is 0.671 bits per heavy atom. The predicted molar refractivity (Wildman–Crippen MR) is 314 cm³/mol. The summed E-state index contributed by atoms with van der Waals surface area (Å²) in [6, 6.07) is 46.0. The second-order valence-electron chi connectivity index (χ2n) is 18.5. The standard InChI is InChI=1S/C27H26N4O.C20H13ClFN5.C15H16N4O/c1-2-30(16-17-32)22-12-10-20(11-13-22)18-25-27-28-14-15-31(27)19-26(29-25)24-9-5-7-21-6-3-4-8-23(21)24;21-15-10-12(1-3-16(15)22)18-11-27-8-7-24-20(27)19(26-18)25-14-2-4-17-13(9-14)5-6-23-17;1-20-10-8-16-14-15-17-7-9-19(15)11-13(18-14)12-5-3-2-4-6-12/h3-15,19,32H,2,16-18H2,1H3;1-11,23H,(H,25,26);2-7,9,11H,8,10H2,1H3,(H,16,18). The Labute approximate surface area is 459 Å². The van der Waals surface area contributed by atoms with E-state index < -0.39 is 5.82 Å². The van der Waals surface area contributed by atoms with E-state index in [2.05, 4.69) is 125 Å². The van der Waals surface area contributed by atoms with Crippen molar-refractivity contribution in [1.29, 1.82) is 0 Å². The van der Waals surface area contributed by atoms with E-state index in [0.717, 1.165) is 79.7 Å². The van der Waals surface area contributed by atoms with Crippen LogP contribution in [0.1, 0.15) is 18.2 Å². The molecule has 79 heavy (non-hydrogen) atoms. The van der Waals surface area contributed by atoms with Crippen LogP contribution in [-0.2, 0) is 11.2 Å². The lowest BCUT2D eigenvalue weighted by atomic mass is 10.0. The molecule has 7 heterocycles. The van der Waals surface area contributed by atoms with Crippen molar-refractivity contribution < 1.29 is 14.2 Å². The number of anilines is 4. The van der Waals surface area contributed by atoms with Crippen molar-refractivity contribution in [3.63, 3.8) is 0 Å². The predicted octanol–water partition coefficient (Wildman–Crippen LogP) is 12.8. The number of likely N-dealkylation sites (N-methyl/N-ethyl adjacent to an activating group) is 1. The molecule has 394 valence electrons. The summed E-state index contributed by atoms with van der Waals surface area (Å²) in [5.41, 5.74) is 13.1. The van der Waals surface area contributed by atoms with Crippen LogP contribution in [0.15, 0.2) is 201 Å². The molecule has 17 heteroatoms. The van der Waals surface area contributed by atoms with E-state index in [1.54, 1.807) is 31.6 Å². The smallest absolute Gasteiger partial charge is 0.180 e. The monoisotopic (exact) mass is 1070 g/mol. The molecule has 0 atom stereocenters. The number of aromatic amines is 1. The molecule has 15 nitrogen and oxygen atoms in total. The lowest BCUT2D eigenvalue weighted by Crippen LogP contribution is -2.25. The zero-order valence-corrected chi connectivity index (χ0v) is 44.1. The summed E-state index contributed by atoms with van der Waals surface area (Å²) in [7, 11) is 1.68. The first-order valence-corrected chi connectivity index (χ1v) is 26.2. The molecule has 0 unspecified atom stereocenters. The van der Waals surface area contributed by atoms with Crippen LogP contribution in [0.5, 0.6) is 0 Å².